The van der Waals surface area contributed by atoms with Gasteiger partial charge in [-0.15, -0.1) is 11.3 Å². The number of nitrogens with zero attached hydrogens (tertiary/aromatic N) is 1. The van der Waals surface area contributed by atoms with Gasteiger partial charge in [0, 0.05) is 24.5 Å². The molecule has 136 valence electrons. The van der Waals surface area contributed by atoms with Gasteiger partial charge < -0.3 is 9.84 Å². The van der Waals surface area contributed by atoms with Crippen molar-refractivity contribution in [2.24, 2.45) is 0 Å². The normalized spacial score (nSPS) is 12.3. The maximum absolute atomic E-state index is 13.1. The Bertz CT molecular complexity index is 762. The Balaban J connectivity index is 1.59. The molecule has 3 rings (SSSR count). The lowest BCUT2D eigenvalue weighted by Gasteiger charge is -2.25. The van der Waals surface area contributed by atoms with Crippen molar-refractivity contribution in [3.8, 4) is 5.75 Å². The summed E-state index contributed by atoms with van der Waals surface area (Å²) in [5, 5.41) is 12.5. The lowest BCUT2D eigenvalue weighted by molar-refractivity contribution is 0.0632. The summed E-state index contributed by atoms with van der Waals surface area (Å²) in [6.07, 6.45) is -0.615. The van der Waals surface area contributed by atoms with Crippen LogP contribution < -0.4 is 4.74 Å². The Hall–Kier alpha value is -2.21. The molecule has 0 aliphatic carbocycles. The minimum atomic E-state index is -0.615. The topological polar surface area (TPSA) is 32.7 Å². The van der Waals surface area contributed by atoms with E-state index in [1.54, 1.807) is 23.5 Å². The van der Waals surface area contributed by atoms with E-state index in [-0.39, 0.29) is 12.4 Å². The summed E-state index contributed by atoms with van der Waals surface area (Å²) >= 11 is 1.69. The Kier molecular flexibility index (Phi) is 6.77. The van der Waals surface area contributed by atoms with Crippen molar-refractivity contribution in [3.63, 3.8) is 0 Å². The monoisotopic (exact) mass is 371 g/mol. The van der Waals surface area contributed by atoms with Crippen molar-refractivity contribution in [1.82, 2.24) is 4.90 Å². The Labute approximate surface area is 157 Å². The van der Waals surface area contributed by atoms with Gasteiger partial charge in [0.15, 0.2) is 0 Å². The predicted octanol–water partition coefficient (Wildman–Crippen LogP) is 4.33. The summed E-state index contributed by atoms with van der Waals surface area (Å²) in [6, 6.07) is 20.1. The van der Waals surface area contributed by atoms with E-state index in [0.29, 0.717) is 13.1 Å². The highest BCUT2D eigenvalue weighted by Crippen LogP contribution is 2.16. The van der Waals surface area contributed by atoms with E-state index in [2.05, 4.69) is 11.0 Å². The van der Waals surface area contributed by atoms with Gasteiger partial charge in [0.1, 0.15) is 24.3 Å². The van der Waals surface area contributed by atoms with Crippen LogP contribution in [-0.2, 0) is 13.1 Å². The minimum absolute atomic E-state index is 0.231. The van der Waals surface area contributed by atoms with E-state index in [4.69, 9.17) is 4.74 Å². The van der Waals surface area contributed by atoms with Crippen molar-refractivity contribution in [3.05, 3.63) is 88.4 Å². The maximum atomic E-state index is 13.1. The third kappa shape index (κ3) is 5.95. The first-order chi connectivity index (χ1) is 12.7. The van der Waals surface area contributed by atoms with Crippen LogP contribution in [0.5, 0.6) is 5.75 Å². The number of benzene rings is 2. The molecule has 1 atom stereocenters. The van der Waals surface area contributed by atoms with E-state index in [1.165, 1.54) is 17.0 Å². The van der Waals surface area contributed by atoms with Crippen LogP contribution >= 0.6 is 11.3 Å². The van der Waals surface area contributed by atoms with Gasteiger partial charge in [-0.1, -0.05) is 36.4 Å². The van der Waals surface area contributed by atoms with Crippen molar-refractivity contribution in [1.29, 1.82) is 0 Å². The number of hydrogen-bond acceptors (Lipinski definition) is 4. The average molecular weight is 371 g/mol. The third-order valence-corrected chi connectivity index (χ3v) is 4.79. The second kappa shape index (κ2) is 9.48. The molecule has 5 heteroatoms. The lowest BCUT2D eigenvalue weighted by atomic mass is 10.2. The number of aliphatic hydroxyl groups is 1. The molecule has 0 bridgehead atoms. The molecule has 2 aromatic carbocycles. The highest BCUT2D eigenvalue weighted by Gasteiger charge is 2.14. The van der Waals surface area contributed by atoms with Crippen LogP contribution in [0.2, 0.25) is 0 Å². The molecule has 3 nitrogen and oxygen atoms in total. The van der Waals surface area contributed by atoms with Crippen LogP contribution in [0.4, 0.5) is 4.39 Å². The van der Waals surface area contributed by atoms with Crippen molar-refractivity contribution in [2.45, 2.75) is 19.2 Å². The molecule has 0 saturated carbocycles. The second-order valence-corrected chi connectivity index (χ2v) is 7.19. The molecule has 26 heavy (non-hydrogen) atoms. The van der Waals surface area contributed by atoms with Crippen LogP contribution in [0, 0.1) is 5.82 Å². The van der Waals surface area contributed by atoms with Crippen LogP contribution in [0.1, 0.15) is 10.4 Å². The smallest absolute Gasteiger partial charge is 0.123 e. The number of halogens is 1. The molecule has 0 unspecified atom stereocenters. The SMILES string of the molecule is O[C@@H](COc1ccccc1)CN(Cc1ccc(F)cc1)Cc1cccs1. The zero-order valence-corrected chi connectivity index (χ0v) is 15.2. The molecule has 0 radical (unpaired) electrons. The van der Waals surface area contributed by atoms with Gasteiger partial charge >= 0.3 is 0 Å². The first-order valence-electron chi connectivity index (χ1n) is 8.54. The van der Waals surface area contributed by atoms with E-state index < -0.39 is 6.10 Å². The number of thiophene rings is 1. The van der Waals surface area contributed by atoms with Crippen LogP contribution in [0.25, 0.3) is 0 Å². The molecule has 1 heterocycles. The number of hydrogen-bond donors (Lipinski definition) is 1. The Morgan fingerprint density at radius 1 is 0.962 bits per heavy atom. The fraction of sp³-hybridized carbons (Fsp3) is 0.238. The zero-order chi connectivity index (χ0) is 18.2. The highest BCUT2D eigenvalue weighted by atomic mass is 32.1. The lowest BCUT2D eigenvalue weighted by Crippen LogP contribution is -2.34. The number of rotatable bonds is 9. The molecule has 0 aliphatic rings. The fourth-order valence-corrected chi connectivity index (χ4v) is 3.46. The summed E-state index contributed by atoms with van der Waals surface area (Å²) in [5.41, 5.74) is 1.01. The zero-order valence-electron chi connectivity index (χ0n) is 14.4. The van der Waals surface area contributed by atoms with Gasteiger partial charge in [-0.3, -0.25) is 4.90 Å². The fourth-order valence-electron chi connectivity index (χ4n) is 2.72. The molecule has 0 amide bonds. The van der Waals surface area contributed by atoms with Gasteiger partial charge in [-0.05, 0) is 41.3 Å². The summed E-state index contributed by atoms with van der Waals surface area (Å²) in [5.74, 6) is 0.504. The largest absolute Gasteiger partial charge is 0.491 e. The molecule has 1 aromatic heterocycles. The first kappa shape index (κ1) is 18.6. The van der Waals surface area contributed by atoms with E-state index in [1.807, 2.05) is 41.8 Å². The quantitative estimate of drug-likeness (QED) is 0.608. The second-order valence-electron chi connectivity index (χ2n) is 6.15. The van der Waals surface area contributed by atoms with Gasteiger partial charge in [-0.25, -0.2) is 4.39 Å². The van der Waals surface area contributed by atoms with Gasteiger partial charge in [0.2, 0.25) is 0 Å². The summed E-state index contributed by atoms with van der Waals surface area (Å²) in [4.78, 5) is 3.38. The molecule has 0 fully saturated rings. The number of ether oxygens (including phenoxy) is 1. The molecule has 0 aliphatic heterocycles. The standard InChI is InChI=1S/C21H22FNO2S/c22-18-10-8-17(9-11-18)13-23(15-21-7-4-12-26-21)14-19(24)16-25-20-5-2-1-3-6-20/h1-12,19,24H,13-16H2/t19-/m1/s1. The Morgan fingerprint density at radius 3 is 2.42 bits per heavy atom. The predicted molar refractivity (Wildman–Crippen MR) is 103 cm³/mol. The van der Waals surface area contributed by atoms with Gasteiger partial charge in [0.05, 0.1) is 0 Å². The van der Waals surface area contributed by atoms with E-state index in [0.717, 1.165) is 17.9 Å². The molecule has 0 saturated heterocycles. The molecular weight excluding hydrogens is 349 g/mol. The van der Waals surface area contributed by atoms with Crippen molar-refractivity contribution < 1.29 is 14.2 Å². The number of aliphatic hydroxyl groups excluding tert-OH is 1. The molecular formula is C21H22FNO2S. The maximum Gasteiger partial charge on any atom is 0.123 e. The molecule has 3 aromatic rings. The Morgan fingerprint density at radius 2 is 1.73 bits per heavy atom. The molecule has 0 spiro atoms. The van der Waals surface area contributed by atoms with Crippen molar-refractivity contribution in [2.75, 3.05) is 13.2 Å². The summed E-state index contributed by atoms with van der Waals surface area (Å²) in [7, 11) is 0. The summed E-state index contributed by atoms with van der Waals surface area (Å²) in [6.45, 7) is 2.08. The van der Waals surface area contributed by atoms with Gasteiger partial charge in [-0.2, -0.15) is 0 Å². The average Bonchev–Trinajstić information content (AvgIpc) is 3.16. The van der Waals surface area contributed by atoms with Gasteiger partial charge in [0.25, 0.3) is 0 Å². The van der Waals surface area contributed by atoms with Crippen molar-refractivity contribution >= 4 is 11.3 Å². The highest BCUT2D eigenvalue weighted by molar-refractivity contribution is 7.09. The summed E-state index contributed by atoms with van der Waals surface area (Å²) < 4.78 is 18.8. The first-order valence-corrected chi connectivity index (χ1v) is 9.42. The van der Waals surface area contributed by atoms with Crippen LogP contribution in [0.15, 0.2) is 72.1 Å². The number of para-hydroxylation sites is 1. The van der Waals surface area contributed by atoms with E-state index in [9.17, 15) is 9.50 Å². The third-order valence-electron chi connectivity index (χ3n) is 3.93. The van der Waals surface area contributed by atoms with E-state index >= 15 is 0 Å². The van der Waals surface area contributed by atoms with Crippen LogP contribution in [-0.4, -0.2) is 29.3 Å². The minimum Gasteiger partial charge on any atom is -0.491 e. The molecule has 1 N–H and O–H groups in total. The van der Waals surface area contributed by atoms with Crippen LogP contribution in [0.3, 0.4) is 0 Å².